The van der Waals surface area contributed by atoms with Crippen molar-refractivity contribution in [2.45, 2.75) is 0 Å². The summed E-state index contributed by atoms with van der Waals surface area (Å²) in [5.74, 6) is 0.863. The first-order chi connectivity index (χ1) is 13.8. The molecular weight excluding hydrogens is 413 g/mol. The molecule has 0 bridgehead atoms. The van der Waals surface area contributed by atoms with E-state index in [4.69, 9.17) is 4.74 Å². The zero-order valence-corrected chi connectivity index (χ0v) is 17.0. The maximum absolute atomic E-state index is 13.3. The molecule has 0 unspecified atom stereocenters. The zero-order valence-electron chi connectivity index (χ0n) is 15.3. The van der Waals surface area contributed by atoms with Crippen molar-refractivity contribution in [3.8, 4) is 15.8 Å². The topological polar surface area (TPSA) is 31.2 Å². The summed E-state index contributed by atoms with van der Waals surface area (Å²) in [5.41, 5.74) is 3.86. The molecule has 0 radical (unpaired) electrons. The summed E-state index contributed by atoms with van der Waals surface area (Å²) in [6, 6.07) is 25.8. The Morgan fingerprint density at radius 3 is 2.32 bits per heavy atom. The van der Waals surface area contributed by atoms with Crippen molar-refractivity contribution in [3.05, 3.63) is 89.4 Å². The second-order valence-electron chi connectivity index (χ2n) is 6.58. The van der Waals surface area contributed by atoms with Crippen LogP contribution in [0.3, 0.4) is 0 Å². The standard InChI is InChI=1S/C24H17NO2Se/c1-27-18-13-11-16(12-14-18)23-22-19-9-5-6-10-20(19)25(21(22)15-28-23)24(26)17-7-3-2-4-8-17/h2-15H,1H3. The molecule has 0 aliphatic heterocycles. The Morgan fingerprint density at radius 2 is 1.57 bits per heavy atom. The zero-order chi connectivity index (χ0) is 19.1. The van der Waals surface area contributed by atoms with Crippen molar-refractivity contribution in [3.63, 3.8) is 0 Å². The molecule has 0 N–H and O–H groups in total. The Bertz CT molecular complexity index is 1300. The Balaban J connectivity index is 1.78. The predicted molar refractivity (Wildman–Crippen MR) is 115 cm³/mol. The Labute approximate surface area is 168 Å². The SMILES string of the molecule is COc1ccc(-c2[se]cc3c2c2ccccc2n3C(=O)c2ccccc2)cc1. The first kappa shape index (κ1) is 17.1. The molecule has 5 aromatic rings. The van der Waals surface area contributed by atoms with Crippen LogP contribution in [0.25, 0.3) is 31.8 Å². The number of nitrogens with zero attached hydrogens (tertiary/aromatic N) is 1. The molecule has 0 fully saturated rings. The fourth-order valence-corrected chi connectivity index (χ4v) is 5.89. The number of hydrogen-bond donors (Lipinski definition) is 0. The number of carbonyl (C=O) groups is 1. The van der Waals surface area contributed by atoms with E-state index in [1.165, 1.54) is 15.4 Å². The van der Waals surface area contributed by atoms with Gasteiger partial charge in [0.25, 0.3) is 0 Å². The second-order valence-corrected chi connectivity index (χ2v) is 8.42. The molecule has 0 saturated carbocycles. The molecule has 2 aromatic heterocycles. The number of para-hydroxylation sites is 1. The van der Waals surface area contributed by atoms with Crippen LogP contribution in [0, 0.1) is 0 Å². The fraction of sp³-hybridized carbons (Fsp3) is 0.0417. The average Bonchev–Trinajstić information content (AvgIpc) is 3.32. The van der Waals surface area contributed by atoms with Crippen LogP contribution in [-0.4, -0.2) is 32.1 Å². The first-order valence-electron chi connectivity index (χ1n) is 9.03. The molecule has 0 atom stereocenters. The summed E-state index contributed by atoms with van der Waals surface area (Å²) < 4.78 is 8.48. The van der Waals surface area contributed by atoms with E-state index in [0.29, 0.717) is 5.56 Å². The third-order valence-electron chi connectivity index (χ3n) is 5.00. The van der Waals surface area contributed by atoms with Crippen molar-refractivity contribution >= 4 is 42.2 Å². The number of fused-ring (bicyclic) bond motifs is 3. The van der Waals surface area contributed by atoms with Crippen molar-refractivity contribution < 1.29 is 9.53 Å². The molecule has 3 aromatic carbocycles. The third kappa shape index (κ3) is 2.62. The van der Waals surface area contributed by atoms with Crippen molar-refractivity contribution in [1.29, 1.82) is 0 Å². The Morgan fingerprint density at radius 1 is 0.857 bits per heavy atom. The fourth-order valence-electron chi connectivity index (χ4n) is 3.67. The number of aromatic nitrogens is 1. The van der Waals surface area contributed by atoms with Crippen LogP contribution < -0.4 is 4.74 Å². The Kier molecular flexibility index (Phi) is 4.16. The van der Waals surface area contributed by atoms with Crippen LogP contribution in [-0.2, 0) is 0 Å². The molecular formula is C24H17NO2Se. The van der Waals surface area contributed by atoms with Crippen molar-refractivity contribution in [1.82, 2.24) is 4.57 Å². The van der Waals surface area contributed by atoms with Gasteiger partial charge in [-0.3, -0.25) is 0 Å². The molecule has 5 rings (SSSR count). The predicted octanol–water partition coefficient (Wildman–Crippen LogP) is 5.22. The van der Waals surface area contributed by atoms with Gasteiger partial charge in [0.15, 0.2) is 0 Å². The number of hydrogen-bond acceptors (Lipinski definition) is 2. The third-order valence-corrected chi connectivity index (χ3v) is 7.14. The Hall–Kier alpha value is -3.07. The molecule has 2 heterocycles. The van der Waals surface area contributed by atoms with E-state index in [2.05, 4.69) is 23.1 Å². The van der Waals surface area contributed by atoms with Gasteiger partial charge in [0.1, 0.15) is 0 Å². The number of methoxy groups -OCH3 is 1. The van der Waals surface area contributed by atoms with Gasteiger partial charge in [0.2, 0.25) is 0 Å². The summed E-state index contributed by atoms with van der Waals surface area (Å²) in [5, 5.41) is 2.31. The molecule has 3 nitrogen and oxygen atoms in total. The average molecular weight is 430 g/mol. The molecule has 0 amide bonds. The van der Waals surface area contributed by atoms with E-state index < -0.39 is 0 Å². The minimum absolute atomic E-state index is 0.0149. The normalized spacial score (nSPS) is 11.2. The van der Waals surface area contributed by atoms with E-state index in [1.807, 2.05) is 65.2 Å². The van der Waals surface area contributed by atoms with Crippen LogP contribution in [0.2, 0.25) is 0 Å². The van der Waals surface area contributed by atoms with Gasteiger partial charge in [-0.1, -0.05) is 0 Å². The van der Waals surface area contributed by atoms with E-state index in [-0.39, 0.29) is 20.4 Å². The van der Waals surface area contributed by atoms with Gasteiger partial charge in [-0.15, -0.1) is 0 Å². The van der Waals surface area contributed by atoms with Gasteiger partial charge in [-0.2, -0.15) is 0 Å². The maximum atomic E-state index is 13.3. The van der Waals surface area contributed by atoms with E-state index in [9.17, 15) is 4.79 Å². The van der Waals surface area contributed by atoms with E-state index in [0.717, 1.165) is 22.2 Å². The number of ether oxygens (including phenoxy) is 1. The van der Waals surface area contributed by atoms with Gasteiger partial charge in [-0.25, -0.2) is 0 Å². The van der Waals surface area contributed by atoms with Gasteiger partial charge in [-0.05, 0) is 0 Å². The van der Waals surface area contributed by atoms with Crippen molar-refractivity contribution in [2.75, 3.05) is 7.11 Å². The molecule has 0 aliphatic rings. The van der Waals surface area contributed by atoms with E-state index >= 15 is 0 Å². The molecule has 4 heteroatoms. The van der Waals surface area contributed by atoms with Crippen LogP contribution in [0.5, 0.6) is 5.75 Å². The van der Waals surface area contributed by atoms with Crippen LogP contribution in [0.15, 0.2) is 83.8 Å². The van der Waals surface area contributed by atoms with Crippen LogP contribution in [0.4, 0.5) is 0 Å². The molecule has 0 saturated heterocycles. The van der Waals surface area contributed by atoms with Gasteiger partial charge >= 0.3 is 169 Å². The van der Waals surface area contributed by atoms with Crippen LogP contribution >= 0.6 is 0 Å². The van der Waals surface area contributed by atoms with Crippen LogP contribution in [0.1, 0.15) is 10.4 Å². The summed E-state index contributed by atoms with van der Waals surface area (Å²) in [7, 11) is 1.68. The minimum atomic E-state index is 0.0149. The quantitative estimate of drug-likeness (QED) is 0.368. The summed E-state index contributed by atoms with van der Waals surface area (Å²) >= 11 is 0.169. The number of rotatable bonds is 3. The first-order valence-corrected chi connectivity index (χ1v) is 10.9. The monoisotopic (exact) mass is 431 g/mol. The van der Waals surface area contributed by atoms with Gasteiger partial charge < -0.3 is 0 Å². The summed E-state index contributed by atoms with van der Waals surface area (Å²) in [6.45, 7) is 0. The van der Waals surface area contributed by atoms with E-state index in [1.54, 1.807) is 7.11 Å². The molecule has 0 spiro atoms. The van der Waals surface area contributed by atoms with Gasteiger partial charge in [0.05, 0.1) is 0 Å². The molecule has 0 aliphatic carbocycles. The number of benzene rings is 3. The molecule has 136 valence electrons. The number of carbonyl (C=O) groups excluding carboxylic acids is 1. The summed E-state index contributed by atoms with van der Waals surface area (Å²) in [6.07, 6.45) is 0. The second kappa shape index (κ2) is 6.83. The van der Waals surface area contributed by atoms with Gasteiger partial charge in [0, 0.05) is 0 Å². The summed E-state index contributed by atoms with van der Waals surface area (Å²) in [4.78, 5) is 15.6. The molecule has 28 heavy (non-hydrogen) atoms. The van der Waals surface area contributed by atoms with Crippen molar-refractivity contribution in [2.24, 2.45) is 0 Å².